The molecule has 1 amide bonds. The van der Waals surface area contributed by atoms with E-state index in [1.807, 2.05) is 36.4 Å². The smallest absolute Gasteiger partial charge is 0.260 e. The van der Waals surface area contributed by atoms with Crippen molar-refractivity contribution in [3.05, 3.63) is 70.5 Å². The Hall–Kier alpha value is -2.67. The van der Waals surface area contributed by atoms with Gasteiger partial charge >= 0.3 is 0 Å². The Morgan fingerprint density at radius 3 is 2.80 bits per heavy atom. The first-order chi connectivity index (χ1) is 14.6. The summed E-state index contributed by atoms with van der Waals surface area (Å²) >= 11 is 5.92. The molecule has 2 atom stereocenters. The molecule has 2 aromatic carbocycles. The maximum absolute atomic E-state index is 13.4. The van der Waals surface area contributed by atoms with Crippen LogP contribution in [-0.4, -0.2) is 53.0 Å². The summed E-state index contributed by atoms with van der Waals surface area (Å²) in [4.78, 5) is 19.1. The average molecular weight is 425 g/mol. The Bertz CT molecular complexity index is 1100. The van der Waals surface area contributed by atoms with Crippen molar-refractivity contribution in [3.8, 4) is 5.75 Å². The number of hydrogen-bond acceptors (Lipinski definition) is 5. The number of carbonyl (C=O) groups is 1. The minimum Gasteiger partial charge on any atom is -0.472 e. The summed E-state index contributed by atoms with van der Waals surface area (Å²) in [5.41, 5.74) is 2.52. The molecule has 1 saturated heterocycles. The van der Waals surface area contributed by atoms with Crippen LogP contribution in [0.1, 0.15) is 27.9 Å². The molecule has 0 unspecified atom stereocenters. The van der Waals surface area contributed by atoms with Crippen molar-refractivity contribution in [1.82, 2.24) is 9.88 Å². The number of benzene rings is 2. The van der Waals surface area contributed by atoms with Crippen LogP contribution in [0, 0.1) is 0 Å². The molecule has 2 aliphatic rings. The van der Waals surface area contributed by atoms with Crippen molar-refractivity contribution in [1.29, 1.82) is 0 Å². The number of aliphatic hydroxyl groups excluding tert-OH is 1. The van der Waals surface area contributed by atoms with Crippen LogP contribution in [0.15, 0.2) is 48.7 Å². The van der Waals surface area contributed by atoms with Gasteiger partial charge in [0.25, 0.3) is 5.91 Å². The normalized spacial score (nSPS) is 21.4. The topological polar surface area (TPSA) is 71.9 Å². The second-order valence-corrected chi connectivity index (χ2v) is 8.06. The fourth-order valence-corrected chi connectivity index (χ4v) is 4.33. The minimum atomic E-state index is -0.618. The molecule has 0 saturated carbocycles. The van der Waals surface area contributed by atoms with Crippen molar-refractivity contribution >= 4 is 28.3 Å². The van der Waals surface area contributed by atoms with Gasteiger partial charge in [-0.05, 0) is 41.5 Å². The van der Waals surface area contributed by atoms with Crippen LogP contribution in [-0.2, 0) is 11.2 Å². The molecule has 1 aromatic heterocycles. The number of halogens is 1. The van der Waals surface area contributed by atoms with E-state index in [1.165, 1.54) is 0 Å². The number of amides is 1. The number of carbonyl (C=O) groups excluding carboxylic acids is 1. The van der Waals surface area contributed by atoms with Gasteiger partial charge in [-0.3, -0.25) is 9.69 Å². The zero-order chi connectivity index (χ0) is 20.7. The highest BCUT2D eigenvalue weighted by Crippen LogP contribution is 2.37. The molecule has 6 nitrogen and oxygen atoms in total. The summed E-state index contributed by atoms with van der Waals surface area (Å²) in [5.74, 6) is 0.447. The lowest BCUT2D eigenvalue weighted by Crippen LogP contribution is -2.54. The Kier molecular flexibility index (Phi) is 5.06. The molecule has 1 N–H and O–H groups in total. The number of aromatic nitrogens is 1. The molecular formula is C23H21ClN2O4. The first kappa shape index (κ1) is 19.3. The zero-order valence-corrected chi connectivity index (χ0v) is 17.0. The number of fused-ring (bicyclic) bond motifs is 3. The van der Waals surface area contributed by atoms with Crippen LogP contribution in [0.3, 0.4) is 0 Å². The van der Waals surface area contributed by atoms with Crippen LogP contribution in [0.4, 0.5) is 0 Å². The predicted molar refractivity (Wildman–Crippen MR) is 113 cm³/mol. The number of pyridine rings is 1. The van der Waals surface area contributed by atoms with Crippen LogP contribution >= 0.6 is 11.6 Å². The van der Waals surface area contributed by atoms with Gasteiger partial charge in [-0.1, -0.05) is 41.9 Å². The molecular weight excluding hydrogens is 404 g/mol. The molecule has 0 bridgehead atoms. The molecule has 1 fully saturated rings. The van der Waals surface area contributed by atoms with E-state index in [0.29, 0.717) is 42.5 Å². The average Bonchev–Trinajstić information content (AvgIpc) is 2.77. The predicted octanol–water partition coefficient (Wildman–Crippen LogP) is 3.42. The van der Waals surface area contributed by atoms with Gasteiger partial charge in [0, 0.05) is 18.2 Å². The van der Waals surface area contributed by atoms with E-state index in [0.717, 1.165) is 21.9 Å². The Morgan fingerprint density at radius 2 is 2.03 bits per heavy atom. The lowest BCUT2D eigenvalue weighted by atomic mass is 9.94. The van der Waals surface area contributed by atoms with Crippen molar-refractivity contribution in [3.63, 3.8) is 0 Å². The maximum Gasteiger partial charge on any atom is 0.260 e. The lowest BCUT2D eigenvalue weighted by Gasteiger charge is -2.39. The molecule has 0 radical (unpaired) electrons. The second kappa shape index (κ2) is 7.87. The largest absolute Gasteiger partial charge is 0.472 e. The van der Waals surface area contributed by atoms with Crippen LogP contribution < -0.4 is 4.74 Å². The van der Waals surface area contributed by atoms with Crippen molar-refractivity contribution in [2.24, 2.45) is 0 Å². The molecule has 3 aromatic rings. The van der Waals surface area contributed by atoms with Gasteiger partial charge in [-0.2, -0.15) is 0 Å². The van der Waals surface area contributed by atoms with Crippen molar-refractivity contribution in [2.45, 2.75) is 25.0 Å². The second-order valence-electron chi connectivity index (χ2n) is 7.67. The van der Waals surface area contributed by atoms with Gasteiger partial charge < -0.3 is 14.6 Å². The van der Waals surface area contributed by atoms with E-state index >= 15 is 0 Å². The highest BCUT2D eigenvalue weighted by molar-refractivity contribution is 6.29. The first-order valence-corrected chi connectivity index (χ1v) is 10.3. The van der Waals surface area contributed by atoms with E-state index in [1.54, 1.807) is 17.2 Å². The van der Waals surface area contributed by atoms with Gasteiger partial charge in [-0.15, -0.1) is 0 Å². The molecule has 2 aliphatic heterocycles. The third-order valence-electron chi connectivity index (χ3n) is 5.79. The standard InChI is InChI=1S/C23H21ClN2O4/c24-21-6-5-14(11-25-21)9-15-10-18-22(17-4-2-1-3-16(15)17)30-13-26(23(18)28)19-12-29-8-7-20(19)27/h1-6,10-11,19-20,27H,7-9,12-13H2/t19-,20-/m0/s1. The molecule has 3 heterocycles. The fourth-order valence-electron chi connectivity index (χ4n) is 4.22. The molecule has 0 aliphatic carbocycles. The minimum absolute atomic E-state index is 0.0986. The Labute approximate surface area is 179 Å². The lowest BCUT2D eigenvalue weighted by molar-refractivity contribution is -0.0694. The summed E-state index contributed by atoms with van der Waals surface area (Å²) in [5, 5.41) is 12.8. The maximum atomic E-state index is 13.4. The summed E-state index contributed by atoms with van der Waals surface area (Å²) in [7, 11) is 0. The van der Waals surface area contributed by atoms with E-state index < -0.39 is 12.1 Å². The number of ether oxygens (including phenoxy) is 2. The highest BCUT2D eigenvalue weighted by atomic mass is 35.5. The molecule has 0 spiro atoms. The van der Waals surface area contributed by atoms with Gasteiger partial charge in [0.15, 0.2) is 6.73 Å². The molecule has 5 rings (SSSR count). The molecule has 154 valence electrons. The summed E-state index contributed by atoms with van der Waals surface area (Å²) in [6.45, 7) is 0.908. The van der Waals surface area contributed by atoms with E-state index in [4.69, 9.17) is 21.1 Å². The number of nitrogens with zero attached hydrogens (tertiary/aromatic N) is 2. The number of aliphatic hydroxyl groups is 1. The third kappa shape index (κ3) is 3.41. The highest BCUT2D eigenvalue weighted by Gasteiger charge is 2.37. The quantitative estimate of drug-likeness (QED) is 0.652. The van der Waals surface area contributed by atoms with E-state index in [2.05, 4.69) is 4.98 Å². The third-order valence-corrected chi connectivity index (χ3v) is 6.02. The summed E-state index contributed by atoms with van der Waals surface area (Å²) in [6.07, 6.45) is 2.25. The van der Waals surface area contributed by atoms with Gasteiger partial charge in [0.1, 0.15) is 10.9 Å². The summed E-state index contributed by atoms with van der Waals surface area (Å²) < 4.78 is 11.5. The SMILES string of the molecule is O=C1c2cc(Cc3ccc(Cl)nc3)c3ccccc3c2OCN1[C@H]1COCC[C@@H]1O. The van der Waals surface area contributed by atoms with E-state index in [9.17, 15) is 9.90 Å². The van der Waals surface area contributed by atoms with Gasteiger partial charge in [-0.25, -0.2) is 4.98 Å². The number of rotatable bonds is 3. The Balaban J connectivity index is 1.57. The van der Waals surface area contributed by atoms with E-state index in [-0.39, 0.29) is 12.6 Å². The van der Waals surface area contributed by atoms with Gasteiger partial charge in [0.2, 0.25) is 0 Å². The van der Waals surface area contributed by atoms with Crippen molar-refractivity contribution in [2.75, 3.05) is 19.9 Å². The fraction of sp³-hybridized carbons (Fsp3) is 0.304. The van der Waals surface area contributed by atoms with Crippen LogP contribution in [0.25, 0.3) is 10.8 Å². The first-order valence-electron chi connectivity index (χ1n) is 9.96. The van der Waals surface area contributed by atoms with Crippen LogP contribution in [0.5, 0.6) is 5.75 Å². The monoisotopic (exact) mass is 424 g/mol. The summed E-state index contributed by atoms with van der Waals surface area (Å²) in [6, 6.07) is 13.1. The van der Waals surface area contributed by atoms with Crippen molar-refractivity contribution < 1.29 is 19.4 Å². The molecule has 7 heteroatoms. The molecule has 30 heavy (non-hydrogen) atoms. The van der Waals surface area contributed by atoms with Crippen LogP contribution in [0.2, 0.25) is 5.15 Å². The number of hydrogen-bond donors (Lipinski definition) is 1. The zero-order valence-electron chi connectivity index (χ0n) is 16.3. The van der Waals surface area contributed by atoms with Gasteiger partial charge in [0.05, 0.1) is 24.3 Å². The Morgan fingerprint density at radius 1 is 1.20 bits per heavy atom.